The average molecular weight is 180 g/mol. The molecule has 5 heteroatoms. The minimum Gasteiger partial charge on any atom is -0.877 e. The van der Waals surface area contributed by atoms with Gasteiger partial charge in [-0.1, -0.05) is 0 Å². The van der Waals surface area contributed by atoms with Gasteiger partial charge in [0.15, 0.2) is 5.78 Å². The second kappa shape index (κ2) is 7.34. The second-order valence-corrected chi connectivity index (χ2v) is 1.81. The van der Waals surface area contributed by atoms with Gasteiger partial charge < -0.3 is 9.84 Å². The Hall–Kier alpha value is -0.320. The maximum absolute atomic E-state index is 10.7. The van der Waals surface area contributed by atoms with E-state index < -0.39 is 17.3 Å². The van der Waals surface area contributed by atoms with Crippen LogP contribution in [0.1, 0.15) is 13.8 Å². The average Bonchev–Trinajstić information content (AvgIpc) is 1.88. The summed E-state index contributed by atoms with van der Waals surface area (Å²) in [5.74, 6) is -1.42. The van der Waals surface area contributed by atoms with Gasteiger partial charge in [0, 0.05) is 0 Å². The summed E-state index contributed by atoms with van der Waals surface area (Å²) in [6, 6.07) is 0. The van der Waals surface area contributed by atoms with Crippen molar-refractivity contribution in [1.82, 2.24) is 0 Å². The van der Waals surface area contributed by atoms with Crippen LogP contribution >= 0.6 is 0 Å². The quantitative estimate of drug-likeness (QED) is 0.112. The van der Waals surface area contributed by atoms with Gasteiger partial charge in [-0.15, -0.1) is 6.26 Å². The third-order valence-electron chi connectivity index (χ3n) is 0.992. The van der Waals surface area contributed by atoms with Crippen molar-refractivity contribution in [2.24, 2.45) is 0 Å². The summed E-state index contributed by atoms with van der Waals surface area (Å²) < 4.78 is 4.43. The fourth-order valence-electron chi connectivity index (χ4n) is 0.484. The Morgan fingerprint density at radius 2 is 2.00 bits per heavy atom. The molecule has 0 bridgehead atoms. The maximum atomic E-state index is 10.7. The zero-order valence-electron chi connectivity index (χ0n) is 7.42. The van der Waals surface area contributed by atoms with E-state index in [2.05, 4.69) is 4.74 Å². The van der Waals surface area contributed by atoms with Crippen LogP contribution in [0.5, 0.6) is 0 Å². The SMILES string of the molecule is CCOC(=O)C(=C[O-])C(C)=O.[Na+]. The zero-order valence-corrected chi connectivity index (χ0v) is 9.42. The third kappa shape index (κ3) is 4.54. The molecule has 12 heavy (non-hydrogen) atoms. The van der Waals surface area contributed by atoms with Crippen LogP contribution in [0.2, 0.25) is 0 Å². The first kappa shape index (κ1) is 14.2. The zero-order chi connectivity index (χ0) is 8.85. The number of esters is 1. The largest absolute Gasteiger partial charge is 1.00 e. The molecule has 0 heterocycles. The van der Waals surface area contributed by atoms with Crippen molar-refractivity contribution in [3.63, 3.8) is 0 Å². The van der Waals surface area contributed by atoms with E-state index in [1.54, 1.807) is 6.92 Å². The van der Waals surface area contributed by atoms with Crippen molar-refractivity contribution in [1.29, 1.82) is 0 Å². The molecule has 0 radical (unpaired) electrons. The Morgan fingerprint density at radius 3 is 2.25 bits per heavy atom. The summed E-state index contributed by atoms with van der Waals surface area (Å²) in [5.41, 5.74) is -0.438. The van der Waals surface area contributed by atoms with Crippen molar-refractivity contribution >= 4 is 11.8 Å². The van der Waals surface area contributed by atoms with E-state index in [4.69, 9.17) is 0 Å². The molecule has 0 atom stereocenters. The van der Waals surface area contributed by atoms with E-state index in [0.717, 1.165) is 6.92 Å². The van der Waals surface area contributed by atoms with E-state index in [9.17, 15) is 14.7 Å². The van der Waals surface area contributed by atoms with Crippen molar-refractivity contribution in [2.75, 3.05) is 6.61 Å². The predicted molar refractivity (Wildman–Crippen MR) is 35.4 cm³/mol. The number of ketones is 1. The van der Waals surface area contributed by atoms with Crippen LogP contribution in [-0.2, 0) is 14.3 Å². The van der Waals surface area contributed by atoms with Crippen LogP contribution in [0.4, 0.5) is 0 Å². The topological polar surface area (TPSA) is 66.4 Å². The van der Waals surface area contributed by atoms with Crippen LogP contribution in [0.3, 0.4) is 0 Å². The summed E-state index contributed by atoms with van der Waals surface area (Å²) >= 11 is 0. The van der Waals surface area contributed by atoms with Crippen LogP contribution in [0, 0.1) is 0 Å². The number of ether oxygens (including phenoxy) is 1. The summed E-state index contributed by atoms with van der Waals surface area (Å²) in [6.45, 7) is 2.89. The number of Topliss-reactive ketones (excluding diaryl/α,β-unsaturated/α-hetero) is 1. The Balaban J connectivity index is 0. The van der Waals surface area contributed by atoms with Gasteiger partial charge in [-0.05, 0) is 13.8 Å². The maximum Gasteiger partial charge on any atom is 1.00 e. The molecule has 0 rings (SSSR count). The number of carbonyl (C=O) groups excluding carboxylic acids is 2. The number of carbonyl (C=O) groups is 2. The van der Waals surface area contributed by atoms with Crippen LogP contribution in [0.15, 0.2) is 11.8 Å². The molecule has 0 amide bonds. The second-order valence-electron chi connectivity index (χ2n) is 1.81. The molecular formula is C7H9NaO4. The van der Waals surface area contributed by atoms with Crippen molar-refractivity contribution in [3.05, 3.63) is 11.8 Å². The molecule has 0 N–H and O–H groups in total. The van der Waals surface area contributed by atoms with Crippen molar-refractivity contribution in [3.8, 4) is 0 Å². The van der Waals surface area contributed by atoms with Crippen LogP contribution in [-0.4, -0.2) is 18.4 Å². The normalized spacial score (nSPS) is 10.0. The van der Waals surface area contributed by atoms with Gasteiger partial charge in [0.1, 0.15) is 0 Å². The molecule has 0 unspecified atom stereocenters. The molecule has 0 aliphatic carbocycles. The number of hydrogen-bond acceptors (Lipinski definition) is 4. The molecule has 62 valence electrons. The smallest absolute Gasteiger partial charge is 0.877 e. The number of hydrogen-bond donors (Lipinski definition) is 0. The standard InChI is InChI=1S/C7H10O4.Na/c1-3-11-7(10)6(4-8)5(2)9;/h4,8H,3H2,1-2H3;/q;+1/p-1. The Bertz CT molecular complexity index is 198. The Labute approximate surface area is 92.9 Å². The predicted octanol–water partition coefficient (Wildman–Crippen LogP) is -3.61. The van der Waals surface area contributed by atoms with Crippen LogP contribution in [0.25, 0.3) is 0 Å². The first-order valence-electron chi connectivity index (χ1n) is 3.13. The summed E-state index contributed by atoms with van der Waals surface area (Å²) in [5, 5.41) is 10.1. The molecule has 0 fully saturated rings. The van der Waals surface area contributed by atoms with E-state index in [0.29, 0.717) is 0 Å². The molecule has 0 saturated carbocycles. The van der Waals surface area contributed by atoms with Gasteiger partial charge in [-0.25, -0.2) is 4.79 Å². The number of rotatable bonds is 3. The minimum atomic E-state index is -0.852. The fourth-order valence-corrected chi connectivity index (χ4v) is 0.484. The Kier molecular flexibility index (Phi) is 8.69. The monoisotopic (exact) mass is 180 g/mol. The first-order chi connectivity index (χ1) is 5.13. The van der Waals surface area contributed by atoms with Gasteiger partial charge in [0.25, 0.3) is 0 Å². The molecule has 0 aromatic carbocycles. The fraction of sp³-hybridized carbons (Fsp3) is 0.429. The Morgan fingerprint density at radius 1 is 1.50 bits per heavy atom. The summed E-state index contributed by atoms with van der Waals surface area (Å²) in [4.78, 5) is 21.2. The van der Waals surface area contributed by atoms with Gasteiger partial charge in [-0.2, -0.15) is 0 Å². The van der Waals surface area contributed by atoms with Gasteiger partial charge in [-0.3, -0.25) is 4.79 Å². The van der Waals surface area contributed by atoms with Crippen molar-refractivity contribution < 1.29 is 49.0 Å². The van der Waals surface area contributed by atoms with Crippen molar-refractivity contribution in [2.45, 2.75) is 13.8 Å². The van der Waals surface area contributed by atoms with E-state index in [-0.39, 0.29) is 42.4 Å². The minimum absolute atomic E-state index is 0. The first-order valence-corrected chi connectivity index (χ1v) is 3.13. The molecule has 0 aromatic heterocycles. The van der Waals surface area contributed by atoms with E-state index >= 15 is 0 Å². The molecule has 0 aromatic rings. The molecule has 0 spiro atoms. The van der Waals surface area contributed by atoms with Gasteiger partial charge >= 0.3 is 35.5 Å². The summed E-state index contributed by atoms with van der Waals surface area (Å²) in [7, 11) is 0. The van der Waals surface area contributed by atoms with Gasteiger partial charge in [0.05, 0.1) is 12.2 Å². The molecule has 0 saturated heterocycles. The molecule has 0 aliphatic heterocycles. The van der Waals surface area contributed by atoms with Crippen LogP contribution < -0.4 is 34.7 Å². The molecule has 4 nitrogen and oxygen atoms in total. The third-order valence-corrected chi connectivity index (χ3v) is 0.992. The van der Waals surface area contributed by atoms with E-state index in [1.165, 1.54) is 0 Å². The summed E-state index contributed by atoms with van der Waals surface area (Å²) in [6.07, 6.45) is 0.209. The molecular weight excluding hydrogens is 171 g/mol. The van der Waals surface area contributed by atoms with E-state index in [1.807, 2.05) is 0 Å². The van der Waals surface area contributed by atoms with Gasteiger partial charge in [0.2, 0.25) is 0 Å². The molecule has 0 aliphatic rings.